The lowest BCUT2D eigenvalue weighted by molar-refractivity contribution is -0.384. The van der Waals surface area contributed by atoms with Crippen molar-refractivity contribution >= 4 is 23.3 Å². The molecule has 1 amide bonds. The van der Waals surface area contributed by atoms with Gasteiger partial charge in [-0.15, -0.1) is 0 Å². The second-order valence-corrected chi connectivity index (χ2v) is 5.32. The minimum absolute atomic E-state index is 0.0669. The van der Waals surface area contributed by atoms with Crippen LogP contribution in [0.15, 0.2) is 36.4 Å². The van der Waals surface area contributed by atoms with Crippen LogP contribution >= 0.6 is 0 Å². The van der Waals surface area contributed by atoms with E-state index in [-0.39, 0.29) is 22.5 Å². The average molecular weight is 385 g/mol. The number of nitro groups is 1. The Morgan fingerprint density at radius 1 is 1.14 bits per heavy atom. The molecule has 28 heavy (non-hydrogen) atoms. The second-order valence-electron chi connectivity index (χ2n) is 5.32. The molecule has 0 aromatic heterocycles. The molecule has 0 aliphatic heterocycles. The van der Waals surface area contributed by atoms with Crippen LogP contribution in [0.5, 0.6) is 11.5 Å². The first-order chi connectivity index (χ1) is 13.4. The van der Waals surface area contributed by atoms with E-state index in [0.717, 1.165) is 12.1 Å². The lowest BCUT2D eigenvalue weighted by atomic mass is 10.1. The molecule has 1 N–H and O–H groups in total. The summed E-state index contributed by atoms with van der Waals surface area (Å²) < 4.78 is 15.1. The summed E-state index contributed by atoms with van der Waals surface area (Å²) in [6, 6.07) is 9.58. The van der Waals surface area contributed by atoms with Gasteiger partial charge in [-0.2, -0.15) is 5.26 Å². The number of nitro benzene ring substituents is 1. The molecule has 2 aromatic carbocycles. The Bertz CT molecular complexity index is 944. The molecule has 2 aromatic rings. The summed E-state index contributed by atoms with van der Waals surface area (Å²) in [6.07, 6.45) is 0. The Labute approximate surface area is 159 Å². The number of ether oxygens (including phenoxy) is 3. The predicted octanol–water partition coefficient (Wildman–Crippen LogP) is 2.28. The van der Waals surface area contributed by atoms with Gasteiger partial charge in [-0.3, -0.25) is 14.9 Å². The van der Waals surface area contributed by atoms with Gasteiger partial charge in [-0.1, -0.05) is 0 Å². The Kier molecular flexibility index (Phi) is 6.49. The number of hydrogen-bond acceptors (Lipinski definition) is 8. The third kappa shape index (κ3) is 4.95. The monoisotopic (exact) mass is 385 g/mol. The molecule has 0 saturated carbocycles. The van der Waals surface area contributed by atoms with E-state index in [0.29, 0.717) is 11.5 Å². The molecule has 0 atom stereocenters. The van der Waals surface area contributed by atoms with E-state index in [1.807, 2.05) is 0 Å². The van der Waals surface area contributed by atoms with Gasteiger partial charge in [0.15, 0.2) is 6.61 Å². The fourth-order valence-corrected chi connectivity index (χ4v) is 2.17. The fraction of sp³-hybridized carbons (Fsp3) is 0.167. The minimum atomic E-state index is -0.781. The largest absolute Gasteiger partial charge is 0.497 e. The summed E-state index contributed by atoms with van der Waals surface area (Å²) >= 11 is 0. The van der Waals surface area contributed by atoms with Crippen LogP contribution in [0.4, 0.5) is 11.4 Å². The van der Waals surface area contributed by atoms with Crippen LogP contribution in [0.3, 0.4) is 0 Å². The number of anilines is 1. The zero-order chi connectivity index (χ0) is 20.7. The quantitative estimate of drug-likeness (QED) is 0.435. The molecule has 10 nitrogen and oxygen atoms in total. The number of nitrogens with zero attached hydrogens (tertiary/aromatic N) is 2. The van der Waals surface area contributed by atoms with Crippen molar-refractivity contribution in [2.45, 2.75) is 0 Å². The third-order valence-corrected chi connectivity index (χ3v) is 3.53. The molecule has 0 radical (unpaired) electrons. The van der Waals surface area contributed by atoms with Crippen LogP contribution in [0, 0.1) is 21.4 Å². The lowest BCUT2D eigenvalue weighted by Gasteiger charge is -2.10. The Morgan fingerprint density at radius 2 is 1.79 bits per heavy atom. The number of amides is 1. The molecule has 0 fully saturated rings. The van der Waals surface area contributed by atoms with Crippen molar-refractivity contribution in [1.29, 1.82) is 5.26 Å². The fourth-order valence-electron chi connectivity index (χ4n) is 2.17. The van der Waals surface area contributed by atoms with Crippen molar-refractivity contribution in [3.8, 4) is 17.6 Å². The zero-order valence-electron chi connectivity index (χ0n) is 14.9. The van der Waals surface area contributed by atoms with Crippen molar-refractivity contribution in [3.05, 3.63) is 57.6 Å². The predicted molar refractivity (Wildman–Crippen MR) is 96.3 cm³/mol. The third-order valence-electron chi connectivity index (χ3n) is 3.53. The molecule has 0 aliphatic carbocycles. The van der Waals surface area contributed by atoms with Crippen LogP contribution < -0.4 is 14.8 Å². The molecule has 0 bridgehead atoms. The van der Waals surface area contributed by atoms with Crippen LogP contribution in [0.25, 0.3) is 0 Å². The molecule has 0 saturated heterocycles. The smallest absolute Gasteiger partial charge is 0.338 e. The highest BCUT2D eigenvalue weighted by Crippen LogP contribution is 2.23. The van der Waals surface area contributed by atoms with Crippen molar-refractivity contribution in [1.82, 2.24) is 0 Å². The molecule has 0 aliphatic rings. The molecule has 10 heteroatoms. The summed E-state index contributed by atoms with van der Waals surface area (Å²) in [6.45, 7) is -0.625. The number of carbonyl (C=O) groups excluding carboxylic acids is 2. The molecular formula is C18H15N3O7. The molecular weight excluding hydrogens is 370 g/mol. The molecule has 0 spiro atoms. The van der Waals surface area contributed by atoms with Crippen LogP contribution in [-0.2, 0) is 9.53 Å². The van der Waals surface area contributed by atoms with E-state index in [9.17, 15) is 19.7 Å². The SMILES string of the molecule is COc1cc(OC)cc(C(=O)OCC(=O)Nc2ccc([N+](=O)[O-])cc2C#N)c1. The number of nitriles is 1. The van der Waals surface area contributed by atoms with E-state index >= 15 is 0 Å². The van der Waals surface area contributed by atoms with Crippen molar-refractivity contribution in [3.63, 3.8) is 0 Å². The van der Waals surface area contributed by atoms with Gasteiger partial charge < -0.3 is 19.5 Å². The van der Waals surface area contributed by atoms with Gasteiger partial charge in [-0.25, -0.2) is 4.79 Å². The van der Waals surface area contributed by atoms with Gasteiger partial charge in [0.05, 0.1) is 36.0 Å². The highest BCUT2D eigenvalue weighted by Gasteiger charge is 2.16. The number of non-ortho nitro benzene ring substituents is 1. The first-order valence-electron chi connectivity index (χ1n) is 7.76. The number of benzene rings is 2. The summed E-state index contributed by atoms with van der Waals surface area (Å²) in [4.78, 5) is 34.2. The van der Waals surface area contributed by atoms with Crippen molar-refractivity contribution in [2.24, 2.45) is 0 Å². The van der Waals surface area contributed by atoms with Crippen molar-refractivity contribution < 1.29 is 28.7 Å². The summed E-state index contributed by atoms with van der Waals surface area (Å²) in [5.41, 5.74) is -0.186. The number of esters is 1. The Morgan fingerprint density at radius 3 is 2.32 bits per heavy atom. The topological polar surface area (TPSA) is 141 Å². The Balaban J connectivity index is 2.04. The Hall–Kier alpha value is -4.13. The maximum atomic E-state index is 12.1. The number of hydrogen-bond donors (Lipinski definition) is 1. The first-order valence-corrected chi connectivity index (χ1v) is 7.76. The van der Waals surface area contributed by atoms with E-state index in [1.54, 1.807) is 12.1 Å². The van der Waals surface area contributed by atoms with Crippen LogP contribution in [0.1, 0.15) is 15.9 Å². The van der Waals surface area contributed by atoms with Crippen LogP contribution in [-0.4, -0.2) is 37.6 Å². The first kappa shape index (κ1) is 20.2. The molecule has 144 valence electrons. The maximum Gasteiger partial charge on any atom is 0.338 e. The highest BCUT2D eigenvalue weighted by molar-refractivity contribution is 5.96. The van der Waals surface area contributed by atoms with Crippen molar-refractivity contribution in [2.75, 3.05) is 26.1 Å². The van der Waals surface area contributed by atoms with Gasteiger partial charge in [0, 0.05) is 18.2 Å². The minimum Gasteiger partial charge on any atom is -0.497 e. The van der Waals surface area contributed by atoms with E-state index in [1.165, 1.54) is 32.4 Å². The van der Waals surface area contributed by atoms with E-state index in [4.69, 9.17) is 19.5 Å². The van der Waals surface area contributed by atoms with E-state index < -0.39 is 23.4 Å². The van der Waals surface area contributed by atoms with Gasteiger partial charge in [0.1, 0.15) is 17.6 Å². The number of nitrogens with one attached hydrogen (secondary N) is 1. The lowest BCUT2D eigenvalue weighted by Crippen LogP contribution is -2.21. The normalized spacial score (nSPS) is 9.75. The highest BCUT2D eigenvalue weighted by atomic mass is 16.6. The van der Waals surface area contributed by atoms with E-state index in [2.05, 4.69) is 5.32 Å². The standard InChI is InChI=1S/C18H15N3O7/c1-26-14-6-11(7-15(8-14)27-2)18(23)28-10-17(22)20-16-4-3-13(21(24)25)5-12(16)9-19/h3-8H,10H2,1-2H3,(H,20,22). The van der Waals surface area contributed by atoms with Gasteiger partial charge in [0.2, 0.25) is 0 Å². The number of methoxy groups -OCH3 is 2. The summed E-state index contributed by atoms with van der Waals surface area (Å²) in [7, 11) is 2.85. The number of rotatable bonds is 7. The zero-order valence-corrected chi connectivity index (χ0v) is 14.9. The average Bonchev–Trinajstić information content (AvgIpc) is 2.71. The molecule has 2 rings (SSSR count). The number of carbonyl (C=O) groups is 2. The summed E-state index contributed by atoms with van der Waals surface area (Å²) in [5.74, 6) is -0.745. The van der Waals surface area contributed by atoms with Crippen LogP contribution in [0.2, 0.25) is 0 Å². The summed E-state index contributed by atoms with van der Waals surface area (Å²) in [5, 5.41) is 22.2. The van der Waals surface area contributed by atoms with Gasteiger partial charge in [0.25, 0.3) is 11.6 Å². The maximum absolute atomic E-state index is 12.1. The van der Waals surface area contributed by atoms with Gasteiger partial charge >= 0.3 is 5.97 Å². The molecule has 0 unspecified atom stereocenters. The second kappa shape index (κ2) is 9.00. The molecule has 0 heterocycles. The van der Waals surface area contributed by atoms with Gasteiger partial charge in [-0.05, 0) is 18.2 Å².